The molecule has 0 aliphatic rings. The maximum absolute atomic E-state index is 13.3. The molecule has 8 aromatic rings. The largest absolute Gasteiger partial charge is 0.481 e. The first kappa shape index (κ1) is 57.8. The van der Waals surface area contributed by atoms with Crippen molar-refractivity contribution in [1.29, 1.82) is 0 Å². The number of fused-ring (bicyclic) bond motifs is 2. The van der Waals surface area contributed by atoms with Gasteiger partial charge in [-0.25, -0.2) is 4.79 Å². The second-order valence-corrected chi connectivity index (χ2v) is 21.8. The fraction of sp³-hybridized carbons (Fsp3) is 0.302. The van der Waals surface area contributed by atoms with Crippen molar-refractivity contribution in [3.63, 3.8) is 0 Å². The molecule has 408 valence electrons. The number of hydrogen-bond acceptors (Lipinski definition) is 10. The molecule has 15 heteroatoms. The number of aromatic carboxylic acids is 1. The van der Waals surface area contributed by atoms with Crippen LogP contribution in [0.2, 0.25) is 0 Å². The Bertz CT molecular complexity index is 3170. The van der Waals surface area contributed by atoms with Gasteiger partial charge in [0.05, 0.1) is 12.2 Å². The predicted molar refractivity (Wildman–Crippen MR) is 309 cm³/mol. The number of nitrogens with one attached hydrogen (secondary N) is 3. The number of rotatable bonds is 27. The molecule has 2 aromatic heterocycles. The molecule has 0 radical (unpaired) electrons. The van der Waals surface area contributed by atoms with Crippen LogP contribution in [-0.4, -0.2) is 67.0 Å². The predicted octanol–water partition coefficient (Wildman–Crippen LogP) is 15.3. The first-order chi connectivity index (χ1) is 37.8. The molecule has 0 bridgehead atoms. The van der Waals surface area contributed by atoms with Crippen LogP contribution in [0.4, 0.5) is 11.4 Å². The number of hydrogen-bond donors (Lipinski definition) is 4. The van der Waals surface area contributed by atoms with Crippen LogP contribution in [0.1, 0.15) is 106 Å². The molecule has 14 nitrogen and oxygen atoms in total. The number of carbonyl (C=O) groups is 4. The Hall–Kier alpha value is -7.93. The maximum Gasteiger partial charge on any atom is 0.335 e. The second-order valence-electron chi connectivity index (χ2n) is 19.1. The number of ether oxygens (including phenoxy) is 2. The van der Waals surface area contributed by atoms with Gasteiger partial charge in [0, 0.05) is 58.2 Å². The van der Waals surface area contributed by atoms with Gasteiger partial charge in [-0.15, -0.1) is 0 Å². The smallest absolute Gasteiger partial charge is 0.335 e. The van der Waals surface area contributed by atoms with Crippen LogP contribution in [0.5, 0.6) is 11.5 Å². The summed E-state index contributed by atoms with van der Waals surface area (Å²) in [7, 11) is -2.71. The summed E-state index contributed by atoms with van der Waals surface area (Å²) in [6.45, 7) is 8.27. The highest BCUT2D eigenvalue weighted by Crippen LogP contribution is 2.41. The zero-order valence-electron chi connectivity index (χ0n) is 44.8. The molecule has 0 spiro atoms. The van der Waals surface area contributed by atoms with Gasteiger partial charge in [0.25, 0.3) is 17.7 Å². The van der Waals surface area contributed by atoms with E-state index in [9.17, 15) is 23.7 Å². The SMILES string of the molecule is CCCCCCC(Oc1ccc(C(=O)NCCP(C)(=O)OCC)cc1)C(=O)Nc1ccc(-c2cc3ccccc3o2)cc1.CCCCCCC(Oc1ccc(C(=O)O)cc1)C(=O)Nc1ccc(-c2cc3ccccc3o2)cc1. The van der Waals surface area contributed by atoms with Gasteiger partial charge in [0.15, 0.2) is 12.2 Å². The summed E-state index contributed by atoms with van der Waals surface area (Å²) < 4.78 is 41.5. The van der Waals surface area contributed by atoms with Crippen LogP contribution in [-0.2, 0) is 18.7 Å². The van der Waals surface area contributed by atoms with E-state index in [1.807, 2.05) is 109 Å². The fourth-order valence-electron chi connectivity index (χ4n) is 8.63. The van der Waals surface area contributed by atoms with Gasteiger partial charge in [-0.1, -0.05) is 88.8 Å². The van der Waals surface area contributed by atoms with E-state index in [0.717, 1.165) is 96.0 Å². The Balaban J connectivity index is 0.000000231. The topological polar surface area (TPSA) is 196 Å². The van der Waals surface area contributed by atoms with Crippen LogP contribution in [0.15, 0.2) is 167 Å². The van der Waals surface area contributed by atoms with Gasteiger partial charge in [-0.05, 0) is 154 Å². The van der Waals surface area contributed by atoms with Gasteiger partial charge < -0.3 is 43.9 Å². The zero-order valence-corrected chi connectivity index (χ0v) is 45.7. The molecule has 8 rings (SSSR count). The summed E-state index contributed by atoms with van der Waals surface area (Å²) in [5, 5.41) is 19.9. The number of carbonyl (C=O) groups excluding carboxylic acids is 3. The monoisotopic (exact) mass is 1080 g/mol. The highest BCUT2D eigenvalue weighted by molar-refractivity contribution is 7.58. The van der Waals surface area contributed by atoms with Gasteiger partial charge in [0.2, 0.25) is 7.37 Å². The van der Waals surface area contributed by atoms with Crippen molar-refractivity contribution in [3.8, 4) is 34.1 Å². The minimum absolute atomic E-state index is 0.172. The number of carboxylic acid groups (broad SMARTS) is 1. The summed E-state index contributed by atoms with van der Waals surface area (Å²) in [6.07, 6.45) is 8.20. The van der Waals surface area contributed by atoms with E-state index in [1.165, 1.54) is 12.1 Å². The first-order valence-corrected chi connectivity index (χ1v) is 29.1. The highest BCUT2D eigenvalue weighted by atomic mass is 31.2. The van der Waals surface area contributed by atoms with E-state index in [2.05, 4.69) is 29.8 Å². The minimum Gasteiger partial charge on any atom is -0.481 e. The molecule has 0 saturated heterocycles. The van der Waals surface area contributed by atoms with Crippen molar-refractivity contribution in [2.24, 2.45) is 0 Å². The van der Waals surface area contributed by atoms with Gasteiger partial charge in [-0.2, -0.15) is 0 Å². The lowest BCUT2D eigenvalue weighted by atomic mass is 10.1. The normalized spacial score (nSPS) is 12.6. The van der Waals surface area contributed by atoms with E-state index in [0.29, 0.717) is 47.9 Å². The fourth-order valence-corrected chi connectivity index (χ4v) is 9.82. The van der Waals surface area contributed by atoms with Crippen molar-refractivity contribution < 1.29 is 51.7 Å². The van der Waals surface area contributed by atoms with Crippen molar-refractivity contribution >= 4 is 64.4 Å². The molecule has 3 amide bonds. The van der Waals surface area contributed by atoms with Crippen LogP contribution >= 0.6 is 7.37 Å². The van der Waals surface area contributed by atoms with Crippen LogP contribution < -0.4 is 25.4 Å². The number of para-hydroxylation sites is 2. The lowest BCUT2D eigenvalue weighted by Crippen LogP contribution is -2.33. The number of furan rings is 2. The Labute approximate surface area is 456 Å². The standard InChI is InChI=1S/C34H41N2O6P.C29H29NO5/c1-4-6-7-8-13-31(41-29-20-16-26(17-21-29)33(37)35-22-23-43(3,39)40-5-2)34(38)36-28-18-14-25(15-19-28)32-24-27-11-9-10-12-30(27)42-32;1-2-3-4-5-10-26(34-24-17-13-21(14-18-24)29(32)33)28(31)30-23-15-11-20(12-16-23)27-19-22-8-6-7-9-25(22)35-27/h9-12,14-21,24,31H,4-8,13,22-23H2,1-3H3,(H,35,37)(H,36,38);6-9,11-19,26H,2-5,10H2,1H3,(H,30,31)(H,32,33). The van der Waals surface area contributed by atoms with E-state index in [-0.39, 0.29) is 36.0 Å². The van der Waals surface area contributed by atoms with Crippen molar-refractivity contribution in [2.75, 3.05) is 36.6 Å². The van der Waals surface area contributed by atoms with Crippen LogP contribution in [0, 0.1) is 0 Å². The van der Waals surface area contributed by atoms with Crippen LogP contribution in [0.25, 0.3) is 44.6 Å². The molecule has 0 aliphatic heterocycles. The number of carboxylic acids is 1. The number of anilines is 2. The number of benzene rings is 6. The molecule has 0 aliphatic carbocycles. The van der Waals surface area contributed by atoms with Crippen molar-refractivity contribution in [2.45, 2.75) is 97.2 Å². The third-order valence-electron chi connectivity index (χ3n) is 12.9. The summed E-state index contributed by atoms with van der Waals surface area (Å²) in [4.78, 5) is 50.0. The molecule has 0 saturated carbocycles. The summed E-state index contributed by atoms with van der Waals surface area (Å²) >= 11 is 0. The van der Waals surface area contributed by atoms with E-state index >= 15 is 0 Å². The third kappa shape index (κ3) is 17.3. The highest BCUT2D eigenvalue weighted by Gasteiger charge is 2.23. The molecule has 2 heterocycles. The lowest BCUT2D eigenvalue weighted by Gasteiger charge is -2.19. The first-order valence-electron chi connectivity index (χ1n) is 26.9. The molecule has 78 heavy (non-hydrogen) atoms. The van der Waals surface area contributed by atoms with Crippen molar-refractivity contribution in [3.05, 3.63) is 169 Å². The van der Waals surface area contributed by atoms with Crippen LogP contribution in [0.3, 0.4) is 0 Å². The zero-order chi connectivity index (χ0) is 55.3. The van der Waals surface area contributed by atoms with E-state index < -0.39 is 25.5 Å². The maximum atomic E-state index is 13.3. The lowest BCUT2D eigenvalue weighted by molar-refractivity contribution is -0.123. The number of amides is 3. The number of unbranched alkanes of at least 4 members (excludes halogenated alkanes) is 6. The third-order valence-corrected chi connectivity index (χ3v) is 14.8. The molecule has 4 N–H and O–H groups in total. The minimum atomic E-state index is -2.71. The molecule has 3 atom stereocenters. The van der Waals surface area contributed by atoms with E-state index in [4.69, 9.17) is 27.9 Å². The molecule has 0 fully saturated rings. The summed E-state index contributed by atoms with van der Waals surface area (Å²) in [6, 6.07) is 47.6. The molecular weight excluding hydrogens is 1010 g/mol. The Kier molecular flexibility index (Phi) is 21.5. The summed E-state index contributed by atoms with van der Waals surface area (Å²) in [5.74, 6) is 0.760. The average molecular weight is 1080 g/mol. The molecule has 3 unspecified atom stereocenters. The summed E-state index contributed by atoms with van der Waals surface area (Å²) in [5.41, 5.74) is 5.46. The van der Waals surface area contributed by atoms with Gasteiger partial charge in [-0.3, -0.25) is 18.9 Å². The van der Waals surface area contributed by atoms with Crippen molar-refractivity contribution in [1.82, 2.24) is 5.32 Å². The Morgan fingerprint density at radius 2 is 0.987 bits per heavy atom. The molecule has 6 aromatic carbocycles. The Morgan fingerprint density at radius 3 is 1.40 bits per heavy atom. The average Bonchev–Trinajstić information content (AvgIpc) is 4.10. The molecular formula is C63H70N3O11P. The van der Waals surface area contributed by atoms with Gasteiger partial charge in [0.1, 0.15) is 34.2 Å². The quantitative estimate of drug-likeness (QED) is 0.0283. The van der Waals surface area contributed by atoms with E-state index in [1.54, 1.807) is 50.0 Å². The second kappa shape index (κ2) is 29.0. The van der Waals surface area contributed by atoms with Gasteiger partial charge >= 0.3 is 5.97 Å². The Morgan fingerprint density at radius 1 is 0.551 bits per heavy atom.